The van der Waals surface area contributed by atoms with Gasteiger partial charge in [0.2, 0.25) is 5.95 Å². The van der Waals surface area contributed by atoms with E-state index in [1.54, 1.807) is 48.7 Å². The Morgan fingerprint density at radius 3 is 2.55 bits per heavy atom. The number of nitrogens with zero attached hydrogens (tertiary/aromatic N) is 5. The first-order valence-corrected chi connectivity index (χ1v) is 10.3. The Labute approximate surface area is 190 Å². The number of rotatable bonds is 5. The second kappa shape index (κ2) is 8.54. The zero-order valence-electron chi connectivity index (χ0n) is 18.1. The summed E-state index contributed by atoms with van der Waals surface area (Å²) in [7, 11) is 1.62. The van der Waals surface area contributed by atoms with Gasteiger partial charge in [0.15, 0.2) is 5.82 Å². The summed E-state index contributed by atoms with van der Waals surface area (Å²) in [5, 5.41) is 10.9. The summed E-state index contributed by atoms with van der Waals surface area (Å²) in [5.74, 6) is 1.60. The Morgan fingerprint density at radius 1 is 1.06 bits per heavy atom. The van der Waals surface area contributed by atoms with E-state index in [9.17, 15) is 4.79 Å². The van der Waals surface area contributed by atoms with E-state index in [2.05, 4.69) is 25.6 Å². The van der Waals surface area contributed by atoms with Gasteiger partial charge in [0, 0.05) is 29.9 Å². The third kappa shape index (κ3) is 3.91. The number of nitrogens with one attached hydrogen (secondary N) is 2. The molecule has 2 N–H and O–H groups in total. The largest absolute Gasteiger partial charge is 0.497 e. The fourth-order valence-corrected chi connectivity index (χ4v) is 3.80. The topological polar surface area (TPSA) is 107 Å². The Hall–Kier alpha value is -4.53. The smallest absolute Gasteiger partial charge is 0.255 e. The van der Waals surface area contributed by atoms with Crippen molar-refractivity contribution in [3.05, 3.63) is 90.2 Å². The van der Waals surface area contributed by atoms with Crippen LogP contribution in [0, 0.1) is 0 Å². The minimum atomic E-state index is -0.486. The number of methoxy groups -OCH3 is 1. The lowest BCUT2D eigenvalue weighted by atomic mass is 9.96. The molecule has 5 rings (SSSR count). The molecule has 164 valence electrons. The highest BCUT2D eigenvalue weighted by molar-refractivity contribution is 6.05. The van der Waals surface area contributed by atoms with Gasteiger partial charge in [-0.15, -0.1) is 5.10 Å². The van der Waals surface area contributed by atoms with E-state index in [0.29, 0.717) is 28.7 Å². The van der Waals surface area contributed by atoms with Gasteiger partial charge in [0.1, 0.15) is 11.8 Å². The maximum absolute atomic E-state index is 13.4. The molecule has 0 radical (unpaired) electrons. The van der Waals surface area contributed by atoms with Gasteiger partial charge in [-0.2, -0.15) is 4.98 Å². The predicted octanol–water partition coefficient (Wildman–Crippen LogP) is 3.67. The third-order valence-corrected chi connectivity index (χ3v) is 5.39. The van der Waals surface area contributed by atoms with Crippen LogP contribution in [0.25, 0.3) is 11.4 Å². The third-order valence-electron chi connectivity index (χ3n) is 5.39. The maximum Gasteiger partial charge on any atom is 0.255 e. The zero-order chi connectivity index (χ0) is 22.8. The number of benzene rings is 1. The van der Waals surface area contributed by atoms with Crippen molar-refractivity contribution in [2.75, 3.05) is 17.7 Å². The maximum atomic E-state index is 13.4. The first kappa shape index (κ1) is 20.4. The average Bonchev–Trinajstić information content (AvgIpc) is 3.28. The molecule has 1 aromatic carbocycles. The molecule has 0 aliphatic carbocycles. The molecular weight excluding hydrogens is 418 g/mol. The predicted molar refractivity (Wildman–Crippen MR) is 124 cm³/mol. The van der Waals surface area contributed by atoms with Crippen molar-refractivity contribution in [2.24, 2.45) is 0 Å². The second-order valence-corrected chi connectivity index (χ2v) is 7.47. The molecular formula is C24H21N7O2. The highest BCUT2D eigenvalue weighted by Gasteiger charge is 2.34. The summed E-state index contributed by atoms with van der Waals surface area (Å²) in [4.78, 5) is 26.3. The number of ether oxygens (including phenoxy) is 1. The van der Waals surface area contributed by atoms with Crippen LogP contribution in [0.2, 0.25) is 0 Å². The minimum absolute atomic E-state index is 0.248. The molecule has 9 heteroatoms. The van der Waals surface area contributed by atoms with Crippen LogP contribution in [0.3, 0.4) is 0 Å². The molecule has 0 saturated heterocycles. The van der Waals surface area contributed by atoms with Crippen LogP contribution in [-0.4, -0.2) is 37.7 Å². The van der Waals surface area contributed by atoms with Gasteiger partial charge in [-0.1, -0.05) is 0 Å². The highest BCUT2D eigenvalue weighted by Crippen LogP contribution is 2.36. The number of fused-ring (bicyclic) bond motifs is 1. The first-order chi connectivity index (χ1) is 16.1. The lowest BCUT2D eigenvalue weighted by Gasteiger charge is -2.28. The molecule has 1 aliphatic heterocycles. The average molecular weight is 439 g/mol. The minimum Gasteiger partial charge on any atom is -0.497 e. The molecule has 0 saturated carbocycles. The SMILES string of the molecule is COc1ccc(-c2nc3n(n2)[C@@H](c2ccncc2)C(C(=O)Nc2cccnc2)=C(C)N3)cc1. The molecule has 0 fully saturated rings. The van der Waals surface area contributed by atoms with Crippen LogP contribution >= 0.6 is 0 Å². The molecule has 1 aliphatic rings. The van der Waals surface area contributed by atoms with Gasteiger partial charge in [-0.05, 0) is 61.0 Å². The van der Waals surface area contributed by atoms with Gasteiger partial charge in [0.25, 0.3) is 5.91 Å². The summed E-state index contributed by atoms with van der Waals surface area (Å²) in [6.07, 6.45) is 6.66. The fourth-order valence-electron chi connectivity index (χ4n) is 3.80. The van der Waals surface area contributed by atoms with Gasteiger partial charge >= 0.3 is 0 Å². The number of anilines is 2. The highest BCUT2D eigenvalue weighted by atomic mass is 16.5. The number of hydrogen-bond acceptors (Lipinski definition) is 7. The number of amides is 1. The zero-order valence-corrected chi connectivity index (χ0v) is 18.1. The van der Waals surface area contributed by atoms with Crippen LogP contribution in [0.5, 0.6) is 5.75 Å². The van der Waals surface area contributed by atoms with E-state index in [4.69, 9.17) is 9.84 Å². The quantitative estimate of drug-likeness (QED) is 0.489. The summed E-state index contributed by atoms with van der Waals surface area (Å²) in [5.41, 5.74) is 3.55. The number of aromatic nitrogens is 5. The van der Waals surface area contributed by atoms with Crippen LogP contribution in [-0.2, 0) is 4.79 Å². The van der Waals surface area contributed by atoms with E-state index in [1.807, 2.05) is 43.3 Å². The Kier molecular flexibility index (Phi) is 5.27. The molecule has 4 aromatic rings. The van der Waals surface area contributed by atoms with Crippen molar-refractivity contribution in [1.82, 2.24) is 24.7 Å². The van der Waals surface area contributed by atoms with Crippen molar-refractivity contribution >= 4 is 17.5 Å². The molecule has 3 aromatic heterocycles. The van der Waals surface area contributed by atoms with Crippen molar-refractivity contribution in [2.45, 2.75) is 13.0 Å². The summed E-state index contributed by atoms with van der Waals surface area (Å²) < 4.78 is 6.98. The first-order valence-electron chi connectivity index (χ1n) is 10.3. The standard InChI is InChI=1S/C24H21N7O2/c1-15-20(23(32)28-18-4-3-11-26-14-18)21(16-9-12-25-13-10-16)31-24(27-15)29-22(30-31)17-5-7-19(33-2)8-6-17/h3-14,21H,1-2H3,(H,28,32)(H,27,29,30)/t21-/m0/s1. The van der Waals surface area contributed by atoms with Crippen LogP contribution < -0.4 is 15.4 Å². The summed E-state index contributed by atoms with van der Waals surface area (Å²) in [6.45, 7) is 1.86. The van der Waals surface area contributed by atoms with Crippen molar-refractivity contribution in [1.29, 1.82) is 0 Å². The molecule has 9 nitrogen and oxygen atoms in total. The molecule has 0 bridgehead atoms. The van der Waals surface area contributed by atoms with Crippen LogP contribution in [0.1, 0.15) is 18.5 Å². The number of hydrogen-bond donors (Lipinski definition) is 2. The molecule has 1 amide bonds. The van der Waals surface area contributed by atoms with Crippen LogP contribution in [0.4, 0.5) is 11.6 Å². The number of carbonyl (C=O) groups excluding carboxylic acids is 1. The van der Waals surface area contributed by atoms with E-state index in [0.717, 1.165) is 16.9 Å². The number of pyridine rings is 2. The number of allylic oxidation sites excluding steroid dienone is 1. The lowest BCUT2D eigenvalue weighted by molar-refractivity contribution is -0.113. The van der Waals surface area contributed by atoms with E-state index in [1.165, 1.54) is 0 Å². The molecule has 1 atom stereocenters. The molecule has 4 heterocycles. The number of carbonyl (C=O) groups is 1. The Balaban J connectivity index is 1.57. The van der Waals surface area contributed by atoms with Crippen molar-refractivity contribution < 1.29 is 9.53 Å². The van der Waals surface area contributed by atoms with Crippen LogP contribution in [0.15, 0.2) is 84.6 Å². The second-order valence-electron chi connectivity index (χ2n) is 7.47. The van der Waals surface area contributed by atoms with E-state index < -0.39 is 6.04 Å². The van der Waals surface area contributed by atoms with E-state index >= 15 is 0 Å². The normalized spacial score (nSPS) is 14.9. The molecule has 33 heavy (non-hydrogen) atoms. The molecule has 0 spiro atoms. The summed E-state index contributed by atoms with van der Waals surface area (Å²) in [6, 6.07) is 14.3. The van der Waals surface area contributed by atoms with Gasteiger partial charge < -0.3 is 15.4 Å². The lowest BCUT2D eigenvalue weighted by Crippen LogP contribution is -2.31. The monoisotopic (exact) mass is 439 g/mol. The Bertz CT molecular complexity index is 1320. The fraction of sp³-hybridized carbons (Fsp3) is 0.125. The van der Waals surface area contributed by atoms with Crippen molar-refractivity contribution in [3.8, 4) is 17.1 Å². The summed E-state index contributed by atoms with van der Waals surface area (Å²) >= 11 is 0. The van der Waals surface area contributed by atoms with Gasteiger partial charge in [-0.3, -0.25) is 14.8 Å². The van der Waals surface area contributed by atoms with Crippen molar-refractivity contribution in [3.63, 3.8) is 0 Å². The van der Waals surface area contributed by atoms with Gasteiger partial charge in [0.05, 0.1) is 24.6 Å². The molecule has 0 unspecified atom stereocenters. The van der Waals surface area contributed by atoms with E-state index in [-0.39, 0.29) is 5.91 Å². The van der Waals surface area contributed by atoms with Gasteiger partial charge in [-0.25, -0.2) is 4.68 Å². The Morgan fingerprint density at radius 2 is 1.85 bits per heavy atom.